The van der Waals surface area contributed by atoms with Crippen LogP contribution in [0.3, 0.4) is 0 Å². The first-order valence-electron chi connectivity index (χ1n) is 7.58. The molecule has 1 aromatic rings. The number of thioether (sulfide) groups is 1. The van der Waals surface area contributed by atoms with Crippen LogP contribution in [0.4, 0.5) is 5.69 Å². The number of rotatable bonds is 9. The predicted octanol–water partition coefficient (Wildman–Crippen LogP) is 4.14. The van der Waals surface area contributed by atoms with Gasteiger partial charge in [0.1, 0.15) is 4.47 Å². The Labute approximate surface area is 140 Å². The first-order chi connectivity index (χ1) is 10.0. The molecule has 4 nitrogen and oxygen atoms in total. The molecular weight excluding hydrogens is 350 g/mol. The molecule has 120 valence electrons. The molecule has 1 aromatic heterocycles. The monoisotopic (exact) mass is 375 g/mol. The van der Waals surface area contributed by atoms with Gasteiger partial charge in [-0.3, -0.25) is 4.79 Å². The van der Waals surface area contributed by atoms with Crippen LogP contribution in [0, 0.1) is 0 Å². The lowest BCUT2D eigenvalue weighted by molar-refractivity contribution is 0.539. The molecule has 0 saturated carbocycles. The van der Waals surface area contributed by atoms with E-state index in [1.165, 1.54) is 4.68 Å². The zero-order chi connectivity index (χ0) is 15.9. The lowest BCUT2D eigenvalue weighted by atomic mass is 10.0. The second-order valence-corrected chi connectivity index (χ2v) is 7.27. The van der Waals surface area contributed by atoms with Gasteiger partial charge < -0.3 is 5.32 Å². The molecule has 0 amide bonds. The number of hydrogen-bond donors (Lipinski definition) is 1. The van der Waals surface area contributed by atoms with E-state index in [9.17, 15) is 4.79 Å². The molecule has 0 saturated heterocycles. The largest absolute Gasteiger partial charge is 0.381 e. The van der Waals surface area contributed by atoms with Gasteiger partial charge in [0.15, 0.2) is 0 Å². The average Bonchev–Trinajstić information content (AvgIpc) is 2.52. The van der Waals surface area contributed by atoms with Gasteiger partial charge in [-0.2, -0.15) is 16.9 Å². The molecule has 0 aliphatic rings. The summed E-state index contributed by atoms with van der Waals surface area (Å²) in [4.78, 5) is 12.2. The molecule has 0 aromatic carbocycles. The van der Waals surface area contributed by atoms with Crippen molar-refractivity contribution in [2.75, 3.05) is 18.1 Å². The zero-order valence-electron chi connectivity index (χ0n) is 13.4. The normalized spacial score (nSPS) is 11.7. The van der Waals surface area contributed by atoms with Crippen LogP contribution in [0.5, 0.6) is 0 Å². The van der Waals surface area contributed by atoms with Crippen molar-refractivity contribution >= 4 is 33.4 Å². The van der Waals surface area contributed by atoms with Gasteiger partial charge in [-0.25, -0.2) is 4.68 Å². The molecular formula is C15H26BrN3OS. The Bertz CT molecular complexity index is 492. The molecule has 0 aliphatic carbocycles. The van der Waals surface area contributed by atoms with E-state index >= 15 is 0 Å². The minimum atomic E-state index is -0.0591. The highest BCUT2D eigenvalue weighted by atomic mass is 79.9. The molecule has 0 fully saturated rings. The maximum atomic E-state index is 12.2. The molecule has 0 atom stereocenters. The quantitative estimate of drug-likeness (QED) is 0.704. The van der Waals surface area contributed by atoms with Crippen LogP contribution in [0.1, 0.15) is 46.5 Å². The fraction of sp³-hybridized carbons (Fsp3) is 0.733. The molecule has 0 spiro atoms. The summed E-state index contributed by atoms with van der Waals surface area (Å²) in [5.41, 5.74) is 0.726. The maximum Gasteiger partial charge on any atom is 0.283 e. The summed E-state index contributed by atoms with van der Waals surface area (Å²) in [6.07, 6.45) is 8.09. The van der Waals surface area contributed by atoms with E-state index in [1.54, 1.807) is 6.20 Å². The topological polar surface area (TPSA) is 46.9 Å². The first-order valence-corrected chi connectivity index (χ1v) is 9.60. The third-order valence-electron chi connectivity index (χ3n) is 4.03. The third-order valence-corrected chi connectivity index (χ3v) is 6.39. The van der Waals surface area contributed by atoms with Gasteiger partial charge in [0.25, 0.3) is 5.56 Å². The smallest absolute Gasteiger partial charge is 0.283 e. The number of aromatic nitrogens is 2. The van der Waals surface area contributed by atoms with Gasteiger partial charge >= 0.3 is 0 Å². The first kappa shape index (κ1) is 18.6. The van der Waals surface area contributed by atoms with Gasteiger partial charge in [0, 0.05) is 17.8 Å². The van der Waals surface area contributed by atoms with Gasteiger partial charge in [-0.05, 0) is 41.4 Å². The van der Waals surface area contributed by atoms with E-state index in [2.05, 4.69) is 53.4 Å². The highest BCUT2D eigenvalue weighted by Gasteiger charge is 2.25. The highest BCUT2D eigenvalue weighted by Crippen LogP contribution is 2.31. The second kappa shape index (κ2) is 8.83. The summed E-state index contributed by atoms with van der Waals surface area (Å²) in [6.45, 7) is 8.02. The van der Waals surface area contributed by atoms with Crippen molar-refractivity contribution in [2.45, 2.75) is 57.7 Å². The minimum absolute atomic E-state index is 0.0591. The molecule has 1 rings (SSSR count). The van der Waals surface area contributed by atoms with Gasteiger partial charge in [-0.1, -0.05) is 27.2 Å². The average molecular weight is 376 g/mol. The number of halogens is 1. The number of nitrogens with zero attached hydrogens (tertiary/aromatic N) is 2. The Hall–Kier alpha value is -0.490. The molecule has 0 unspecified atom stereocenters. The molecule has 0 bridgehead atoms. The molecule has 1 N–H and O–H groups in total. The van der Waals surface area contributed by atoms with Crippen molar-refractivity contribution in [1.82, 2.24) is 9.78 Å². The van der Waals surface area contributed by atoms with Crippen LogP contribution in [-0.4, -0.2) is 27.3 Å². The molecule has 0 radical (unpaired) electrons. The van der Waals surface area contributed by atoms with Crippen molar-refractivity contribution in [3.05, 3.63) is 21.0 Å². The Balaban J connectivity index is 2.86. The van der Waals surface area contributed by atoms with E-state index < -0.39 is 0 Å². The molecule has 1 heterocycles. The predicted molar refractivity (Wildman–Crippen MR) is 96.4 cm³/mol. The Morgan fingerprint density at radius 2 is 2.05 bits per heavy atom. The SMILES string of the molecule is CCCCn1ncc(NCC(CC)(CC)SC)c(Br)c1=O. The third kappa shape index (κ3) is 4.74. The number of hydrogen-bond acceptors (Lipinski definition) is 4. The second-order valence-electron chi connectivity index (χ2n) is 5.20. The zero-order valence-corrected chi connectivity index (χ0v) is 15.8. The summed E-state index contributed by atoms with van der Waals surface area (Å²) >= 11 is 5.29. The summed E-state index contributed by atoms with van der Waals surface area (Å²) in [5, 5.41) is 7.65. The van der Waals surface area contributed by atoms with Gasteiger partial charge in [0.05, 0.1) is 11.9 Å². The fourth-order valence-electron chi connectivity index (χ4n) is 2.17. The number of nitrogens with one attached hydrogen (secondary N) is 1. The molecule has 0 aliphatic heterocycles. The Morgan fingerprint density at radius 1 is 1.38 bits per heavy atom. The number of aryl methyl sites for hydroxylation is 1. The van der Waals surface area contributed by atoms with Crippen molar-refractivity contribution in [1.29, 1.82) is 0 Å². The van der Waals surface area contributed by atoms with Crippen LogP contribution >= 0.6 is 27.7 Å². The summed E-state index contributed by atoms with van der Waals surface area (Å²) < 4.78 is 2.31. The van der Waals surface area contributed by atoms with E-state index in [-0.39, 0.29) is 10.3 Å². The van der Waals surface area contributed by atoms with Crippen LogP contribution in [0.15, 0.2) is 15.5 Å². The van der Waals surface area contributed by atoms with Crippen molar-refractivity contribution < 1.29 is 0 Å². The maximum absolute atomic E-state index is 12.2. The summed E-state index contributed by atoms with van der Waals surface area (Å²) in [7, 11) is 0. The summed E-state index contributed by atoms with van der Waals surface area (Å²) in [6, 6.07) is 0. The van der Waals surface area contributed by atoms with E-state index in [1.807, 2.05) is 11.8 Å². The molecule has 21 heavy (non-hydrogen) atoms. The number of unbranched alkanes of at least 4 members (excludes halogenated alkanes) is 1. The van der Waals surface area contributed by atoms with Crippen LogP contribution in [0.25, 0.3) is 0 Å². The van der Waals surface area contributed by atoms with Crippen LogP contribution < -0.4 is 10.9 Å². The van der Waals surface area contributed by atoms with E-state index in [4.69, 9.17) is 0 Å². The summed E-state index contributed by atoms with van der Waals surface area (Å²) in [5.74, 6) is 0. The molecule has 6 heteroatoms. The fourth-order valence-corrected chi connectivity index (χ4v) is 3.41. The van der Waals surface area contributed by atoms with Crippen LogP contribution in [-0.2, 0) is 6.54 Å². The van der Waals surface area contributed by atoms with Crippen molar-refractivity contribution in [3.63, 3.8) is 0 Å². The van der Waals surface area contributed by atoms with Crippen molar-refractivity contribution in [2.24, 2.45) is 0 Å². The van der Waals surface area contributed by atoms with E-state index in [0.29, 0.717) is 11.0 Å². The highest BCUT2D eigenvalue weighted by molar-refractivity contribution is 9.10. The van der Waals surface area contributed by atoms with Gasteiger partial charge in [-0.15, -0.1) is 0 Å². The lowest BCUT2D eigenvalue weighted by Crippen LogP contribution is -2.33. The standard InChI is InChI=1S/C15H26BrN3OS/c1-5-8-9-19-14(20)13(16)12(10-18-19)17-11-15(6-2,7-3)21-4/h10,17H,5-9,11H2,1-4H3. The Kier molecular flexibility index (Phi) is 7.81. The number of anilines is 1. The minimum Gasteiger partial charge on any atom is -0.381 e. The van der Waals surface area contributed by atoms with Crippen LogP contribution in [0.2, 0.25) is 0 Å². The lowest BCUT2D eigenvalue weighted by Gasteiger charge is -2.30. The van der Waals surface area contributed by atoms with E-state index in [0.717, 1.165) is 37.9 Å². The Morgan fingerprint density at radius 3 is 2.57 bits per heavy atom. The van der Waals surface area contributed by atoms with Crippen molar-refractivity contribution in [3.8, 4) is 0 Å². The van der Waals surface area contributed by atoms with Gasteiger partial charge in [0.2, 0.25) is 0 Å².